The minimum Gasteiger partial charge on any atom is -0.493 e. The first-order chi connectivity index (χ1) is 19.4. The molecule has 11 heteroatoms. The van der Waals surface area contributed by atoms with E-state index >= 15 is 0 Å². The Morgan fingerprint density at radius 1 is 1.27 bits per heavy atom. The van der Waals surface area contributed by atoms with E-state index in [-0.39, 0.29) is 30.1 Å². The Labute approximate surface area is 244 Å². The molecular formula is C30H36ClN5O5. The van der Waals surface area contributed by atoms with Crippen molar-refractivity contribution in [1.82, 2.24) is 20.2 Å². The number of hydrogen-bond donors (Lipinski definition) is 3. The zero-order chi connectivity index (χ0) is 29.5. The van der Waals surface area contributed by atoms with Gasteiger partial charge in [0.25, 0.3) is 5.91 Å². The number of amides is 2. The average molecular weight is 582 g/mol. The average Bonchev–Trinajstić information content (AvgIpc) is 3.26. The highest BCUT2D eigenvalue weighted by Gasteiger charge is 2.50. The fourth-order valence-corrected chi connectivity index (χ4v) is 5.57. The first kappa shape index (κ1) is 28.6. The Morgan fingerprint density at radius 3 is 2.76 bits per heavy atom. The van der Waals surface area contributed by atoms with Crippen molar-refractivity contribution in [3.63, 3.8) is 0 Å². The van der Waals surface area contributed by atoms with Crippen molar-refractivity contribution in [2.75, 3.05) is 32.1 Å². The Morgan fingerprint density at radius 2 is 2.05 bits per heavy atom. The number of hydrogen-bond acceptors (Lipinski definition) is 7. The number of para-hydroxylation sites is 1. The zero-order valence-electron chi connectivity index (χ0n) is 24.2. The monoisotopic (exact) mass is 581 g/mol. The van der Waals surface area contributed by atoms with E-state index in [0.29, 0.717) is 64.2 Å². The van der Waals surface area contributed by atoms with Gasteiger partial charge in [-0.05, 0) is 39.0 Å². The van der Waals surface area contributed by atoms with Crippen LogP contribution in [0.1, 0.15) is 50.7 Å². The van der Waals surface area contributed by atoms with Crippen molar-refractivity contribution in [3.05, 3.63) is 52.9 Å². The summed E-state index contributed by atoms with van der Waals surface area (Å²) in [5.74, 6) is 0.796. The van der Waals surface area contributed by atoms with Crippen molar-refractivity contribution in [2.24, 2.45) is 5.41 Å². The number of ether oxygens (including phenoxy) is 3. The molecule has 1 atom stereocenters. The number of fused-ring (bicyclic) bond motifs is 1. The summed E-state index contributed by atoms with van der Waals surface area (Å²) < 4.78 is 17.5. The van der Waals surface area contributed by atoms with Gasteiger partial charge < -0.3 is 34.7 Å². The minimum atomic E-state index is -0.590. The minimum absolute atomic E-state index is 0.154. The SMILES string of the molecule is COc1c(Cl)cccc1Nc1c(-c2ccncc2OCC2N(C(=O)OC(C)(C)C)CC2(C)C)[nH]c2c1C(=O)NCC2. The summed E-state index contributed by atoms with van der Waals surface area (Å²) in [7, 11) is 1.55. The number of H-pyrrole nitrogens is 1. The van der Waals surface area contributed by atoms with Crippen molar-refractivity contribution < 1.29 is 23.8 Å². The van der Waals surface area contributed by atoms with Crippen LogP contribution in [-0.2, 0) is 11.2 Å². The molecule has 2 aliphatic heterocycles. The maximum atomic E-state index is 13.1. The van der Waals surface area contributed by atoms with Crippen molar-refractivity contribution in [2.45, 2.75) is 52.7 Å². The second-order valence-corrected chi connectivity index (χ2v) is 12.4. The van der Waals surface area contributed by atoms with Crippen LogP contribution in [0.2, 0.25) is 5.02 Å². The van der Waals surface area contributed by atoms with Crippen molar-refractivity contribution in [1.29, 1.82) is 0 Å². The van der Waals surface area contributed by atoms with Gasteiger partial charge in [-0.15, -0.1) is 0 Å². The van der Waals surface area contributed by atoms with Gasteiger partial charge >= 0.3 is 6.09 Å². The van der Waals surface area contributed by atoms with Crippen LogP contribution >= 0.6 is 11.6 Å². The molecule has 2 aromatic heterocycles. The molecule has 10 nitrogen and oxygen atoms in total. The number of methoxy groups -OCH3 is 1. The smallest absolute Gasteiger partial charge is 0.410 e. The van der Waals surface area contributed by atoms with E-state index in [0.717, 1.165) is 5.69 Å². The van der Waals surface area contributed by atoms with Crippen LogP contribution in [0.15, 0.2) is 36.7 Å². The van der Waals surface area contributed by atoms with E-state index in [1.54, 1.807) is 30.5 Å². The number of aromatic amines is 1. The third-order valence-electron chi connectivity index (χ3n) is 7.33. The quantitative estimate of drug-likeness (QED) is 0.323. The van der Waals surface area contributed by atoms with Crippen LogP contribution in [0.3, 0.4) is 0 Å². The Hall–Kier alpha value is -3.92. The van der Waals surface area contributed by atoms with E-state index in [1.165, 1.54) is 0 Å². The molecule has 2 aliphatic rings. The third-order valence-corrected chi connectivity index (χ3v) is 7.63. The summed E-state index contributed by atoms with van der Waals surface area (Å²) in [6.07, 6.45) is 3.60. The summed E-state index contributed by atoms with van der Waals surface area (Å²) in [5, 5.41) is 6.77. The first-order valence-electron chi connectivity index (χ1n) is 13.6. The number of anilines is 2. The molecule has 0 saturated carbocycles. The second kappa shape index (κ2) is 10.8. The molecule has 0 bridgehead atoms. The summed E-state index contributed by atoms with van der Waals surface area (Å²) in [4.78, 5) is 35.4. The van der Waals surface area contributed by atoms with Crippen LogP contribution in [0.25, 0.3) is 11.3 Å². The van der Waals surface area contributed by atoms with Gasteiger partial charge in [-0.1, -0.05) is 31.5 Å². The topological polar surface area (TPSA) is 118 Å². The van der Waals surface area contributed by atoms with Crippen molar-refractivity contribution >= 4 is 35.0 Å². The highest BCUT2D eigenvalue weighted by atomic mass is 35.5. The number of halogens is 1. The molecular weight excluding hydrogens is 546 g/mol. The highest BCUT2D eigenvalue weighted by Crippen LogP contribution is 2.44. The number of carbonyl (C=O) groups excluding carboxylic acids is 2. The number of benzene rings is 1. The molecule has 0 radical (unpaired) electrons. The van der Waals surface area contributed by atoms with Crippen LogP contribution in [0, 0.1) is 5.41 Å². The molecule has 2 amide bonds. The van der Waals surface area contributed by atoms with E-state index < -0.39 is 5.60 Å². The highest BCUT2D eigenvalue weighted by molar-refractivity contribution is 6.32. The molecule has 1 aromatic carbocycles. The number of likely N-dealkylation sites (tertiary alicyclic amines) is 1. The van der Waals surface area contributed by atoms with Gasteiger partial charge in [-0.25, -0.2) is 4.79 Å². The number of rotatable bonds is 7. The maximum absolute atomic E-state index is 13.1. The van der Waals surface area contributed by atoms with Crippen molar-refractivity contribution in [3.8, 4) is 22.8 Å². The van der Waals surface area contributed by atoms with Gasteiger partial charge in [0.05, 0.1) is 47.0 Å². The van der Waals surface area contributed by atoms with Gasteiger partial charge in [0.2, 0.25) is 0 Å². The molecule has 1 unspecified atom stereocenters. The van der Waals surface area contributed by atoms with Crippen LogP contribution < -0.4 is 20.1 Å². The van der Waals surface area contributed by atoms with Crippen LogP contribution in [0.4, 0.5) is 16.2 Å². The van der Waals surface area contributed by atoms with Gasteiger partial charge in [-0.3, -0.25) is 9.78 Å². The van der Waals surface area contributed by atoms with E-state index in [2.05, 4.69) is 34.4 Å². The summed E-state index contributed by atoms with van der Waals surface area (Å²) >= 11 is 6.39. The van der Waals surface area contributed by atoms with Crippen LogP contribution in [-0.4, -0.2) is 65.3 Å². The van der Waals surface area contributed by atoms with Crippen LogP contribution in [0.5, 0.6) is 11.5 Å². The Balaban J connectivity index is 1.49. The molecule has 41 heavy (non-hydrogen) atoms. The molecule has 1 fully saturated rings. The number of pyridine rings is 1. The second-order valence-electron chi connectivity index (χ2n) is 12.0. The Kier molecular flexibility index (Phi) is 7.54. The van der Waals surface area contributed by atoms with E-state index in [4.69, 9.17) is 25.8 Å². The fraction of sp³-hybridized carbons (Fsp3) is 0.433. The predicted octanol–water partition coefficient (Wildman–Crippen LogP) is 5.79. The molecule has 0 aliphatic carbocycles. The number of aromatic nitrogens is 2. The molecule has 1 saturated heterocycles. The number of nitrogens with zero attached hydrogens (tertiary/aromatic N) is 2. The molecule has 5 rings (SSSR count). The largest absolute Gasteiger partial charge is 0.493 e. The van der Waals surface area contributed by atoms with E-state index in [1.807, 2.05) is 39.0 Å². The lowest BCUT2D eigenvalue weighted by Crippen LogP contribution is -2.66. The van der Waals surface area contributed by atoms with Gasteiger partial charge in [0, 0.05) is 42.4 Å². The molecule has 4 heterocycles. The zero-order valence-corrected chi connectivity index (χ0v) is 24.9. The normalized spacial score (nSPS) is 17.7. The fourth-order valence-electron chi connectivity index (χ4n) is 5.32. The van der Waals surface area contributed by atoms with E-state index in [9.17, 15) is 9.59 Å². The first-order valence-corrected chi connectivity index (χ1v) is 14.0. The standard InChI is InChI=1S/C30H36ClN5O5/c1-29(2,3)41-28(38)36-16-30(4,5)22(36)15-40-21-14-32-12-10-17(21)24-25(23-19(34-24)11-13-33-27(23)37)35-20-9-7-8-18(31)26(20)39-6/h7-10,12,14,22,34-35H,11,13,15-16H2,1-6H3,(H,33,37). The molecule has 0 spiro atoms. The lowest BCUT2D eigenvalue weighted by atomic mass is 9.75. The lowest BCUT2D eigenvalue weighted by molar-refractivity contribution is -0.0779. The molecule has 3 N–H and O–H groups in total. The number of nitrogens with one attached hydrogen (secondary N) is 3. The predicted molar refractivity (Wildman–Crippen MR) is 157 cm³/mol. The van der Waals surface area contributed by atoms with Gasteiger partial charge in [-0.2, -0.15) is 0 Å². The molecule has 3 aromatic rings. The third kappa shape index (κ3) is 5.66. The number of carbonyl (C=O) groups is 2. The Bertz CT molecular complexity index is 1480. The summed E-state index contributed by atoms with van der Waals surface area (Å²) in [6, 6.07) is 7.03. The summed E-state index contributed by atoms with van der Waals surface area (Å²) in [6.45, 7) is 11.1. The molecule has 218 valence electrons. The lowest BCUT2D eigenvalue weighted by Gasteiger charge is -2.53. The maximum Gasteiger partial charge on any atom is 0.410 e. The van der Waals surface area contributed by atoms with Gasteiger partial charge in [0.1, 0.15) is 18.0 Å². The summed E-state index contributed by atoms with van der Waals surface area (Å²) in [5.41, 5.74) is 3.16. The van der Waals surface area contributed by atoms with Gasteiger partial charge in [0.15, 0.2) is 5.75 Å².